The Kier molecular flexibility index (Phi) is 6.65. The normalized spacial score (nSPS) is 17.0. The van der Waals surface area contributed by atoms with Crippen LogP contribution in [0.25, 0.3) is 0 Å². The Labute approximate surface area is 179 Å². The van der Waals surface area contributed by atoms with Gasteiger partial charge in [0.15, 0.2) is 6.04 Å². The molecule has 2 N–H and O–H groups in total. The third-order valence-corrected chi connectivity index (χ3v) is 8.10. The zero-order chi connectivity index (χ0) is 22.1. The largest absolute Gasteiger partial charge is 0.323 e. The Bertz CT molecular complexity index is 1020. The van der Waals surface area contributed by atoms with Gasteiger partial charge in [0.25, 0.3) is 5.91 Å². The fourth-order valence-electron chi connectivity index (χ4n) is 4.00. The molecule has 1 aliphatic rings. The Balaban J connectivity index is 1.66. The van der Waals surface area contributed by atoms with E-state index in [-0.39, 0.29) is 11.9 Å². The van der Waals surface area contributed by atoms with Gasteiger partial charge in [-0.15, -0.1) is 0 Å². The first-order valence-electron chi connectivity index (χ1n) is 10.4. The summed E-state index contributed by atoms with van der Waals surface area (Å²) >= 11 is 0. The minimum absolute atomic E-state index is 0.0340. The van der Waals surface area contributed by atoms with E-state index in [1.807, 2.05) is 65.0 Å². The Morgan fingerprint density at radius 2 is 1.60 bits per heavy atom. The van der Waals surface area contributed by atoms with Crippen molar-refractivity contribution in [3.63, 3.8) is 0 Å². The van der Waals surface area contributed by atoms with Crippen molar-refractivity contribution in [1.29, 1.82) is 0 Å². The Hall–Kier alpha value is -2.22. The minimum atomic E-state index is -3.52. The van der Waals surface area contributed by atoms with E-state index in [1.54, 1.807) is 10.4 Å². The van der Waals surface area contributed by atoms with Crippen LogP contribution in [0.3, 0.4) is 0 Å². The molecule has 30 heavy (non-hydrogen) atoms. The van der Waals surface area contributed by atoms with Gasteiger partial charge in [-0.2, -0.15) is 4.31 Å². The number of quaternary nitrogens is 1. The van der Waals surface area contributed by atoms with Crippen molar-refractivity contribution in [3.8, 4) is 0 Å². The minimum Gasteiger partial charge on any atom is -0.323 e. The molecule has 2 aromatic rings. The molecule has 3 rings (SSSR count). The molecule has 0 unspecified atom stereocenters. The molecule has 1 saturated heterocycles. The maximum Gasteiger partial charge on any atom is 0.282 e. The van der Waals surface area contributed by atoms with Crippen LogP contribution < -0.4 is 10.2 Å². The van der Waals surface area contributed by atoms with E-state index < -0.39 is 10.0 Å². The van der Waals surface area contributed by atoms with E-state index in [1.165, 1.54) is 0 Å². The van der Waals surface area contributed by atoms with E-state index in [9.17, 15) is 13.2 Å². The van der Waals surface area contributed by atoms with Crippen LogP contribution in [-0.2, 0) is 14.8 Å². The van der Waals surface area contributed by atoms with Crippen molar-refractivity contribution < 1.29 is 18.1 Å². The van der Waals surface area contributed by atoms with Crippen molar-refractivity contribution in [3.05, 3.63) is 58.7 Å². The number of para-hydroxylation sites is 1. The first kappa shape index (κ1) is 22.5. The van der Waals surface area contributed by atoms with Crippen LogP contribution >= 0.6 is 0 Å². The summed E-state index contributed by atoms with van der Waals surface area (Å²) in [6, 6.07) is 11.2. The van der Waals surface area contributed by atoms with E-state index in [0.29, 0.717) is 31.1 Å². The molecule has 1 atom stereocenters. The number of nitrogens with zero attached hydrogens (tertiary/aromatic N) is 1. The van der Waals surface area contributed by atoms with Gasteiger partial charge in [-0.25, -0.2) is 8.42 Å². The van der Waals surface area contributed by atoms with Crippen LogP contribution in [0.4, 0.5) is 5.69 Å². The van der Waals surface area contributed by atoms with Gasteiger partial charge in [0.2, 0.25) is 10.0 Å². The monoisotopic (exact) mass is 430 g/mol. The molecule has 0 spiro atoms. The standard InChI is InChI=1S/C23H31N3O3S/c1-16-9-10-17(2)21(15-16)30(28,29)26-13-11-25(12-14-26)20(5)23(27)24-22-18(3)7-6-8-19(22)4/h6-10,15,20H,11-14H2,1-5H3,(H,24,27)/p+1/t20-/m0/s1. The SMILES string of the molecule is Cc1ccc(C)c(S(=O)(=O)N2CC[NH+]([C@@H](C)C(=O)Nc3c(C)cccc3C)CC2)c1. The lowest BCUT2D eigenvalue weighted by Gasteiger charge is -2.34. The summed E-state index contributed by atoms with van der Waals surface area (Å²) in [7, 11) is -3.52. The molecule has 2 aromatic carbocycles. The first-order valence-corrected chi connectivity index (χ1v) is 11.8. The predicted molar refractivity (Wildman–Crippen MR) is 119 cm³/mol. The quantitative estimate of drug-likeness (QED) is 0.760. The number of piperazine rings is 1. The maximum atomic E-state index is 13.1. The number of anilines is 1. The van der Waals surface area contributed by atoms with Crippen LogP contribution in [0, 0.1) is 27.7 Å². The Morgan fingerprint density at radius 3 is 2.20 bits per heavy atom. The maximum absolute atomic E-state index is 13.1. The molecule has 0 saturated carbocycles. The second-order valence-corrected chi connectivity index (χ2v) is 10.2. The zero-order valence-corrected chi connectivity index (χ0v) is 19.3. The number of amides is 1. The number of carbonyl (C=O) groups is 1. The summed E-state index contributed by atoms with van der Waals surface area (Å²) in [6.07, 6.45) is 0. The molecule has 0 radical (unpaired) electrons. The summed E-state index contributed by atoms with van der Waals surface area (Å²) in [5.74, 6) is -0.0340. The molecule has 7 heteroatoms. The average molecular weight is 431 g/mol. The number of hydrogen-bond acceptors (Lipinski definition) is 3. The van der Waals surface area contributed by atoms with Crippen LogP contribution in [-0.4, -0.2) is 50.9 Å². The molecule has 0 aromatic heterocycles. The van der Waals surface area contributed by atoms with Crippen molar-refractivity contribution in [2.45, 2.75) is 45.6 Å². The van der Waals surface area contributed by atoms with Gasteiger partial charge in [-0.1, -0.05) is 30.3 Å². The fraction of sp³-hybridized carbons (Fsp3) is 0.435. The van der Waals surface area contributed by atoms with Crippen molar-refractivity contribution in [1.82, 2.24) is 4.31 Å². The van der Waals surface area contributed by atoms with Crippen molar-refractivity contribution >= 4 is 21.6 Å². The summed E-state index contributed by atoms with van der Waals surface area (Å²) in [5, 5.41) is 3.06. The van der Waals surface area contributed by atoms with Gasteiger partial charge in [0, 0.05) is 5.69 Å². The zero-order valence-electron chi connectivity index (χ0n) is 18.5. The summed E-state index contributed by atoms with van der Waals surface area (Å²) in [6.45, 7) is 11.6. The van der Waals surface area contributed by atoms with Gasteiger partial charge >= 0.3 is 0 Å². The van der Waals surface area contributed by atoms with Crippen molar-refractivity contribution in [2.24, 2.45) is 0 Å². The lowest BCUT2D eigenvalue weighted by atomic mass is 10.1. The second-order valence-electron chi connectivity index (χ2n) is 8.31. The van der Waals surface area contributed by atoms with Gasteiger partial charge < -0.3 is 10.2 Å². The van der Waals surface area contributed by atoms with Gasteiger partial charge in [-0.3, -0.25) is 4.79 Å². The second kappa shape index (κ2) is 8.88. The van der Waals surface area contributed by atoms with E-state index >= 15 is 0 Å². The fourth-order valence-corrected chi connectivity index (χ4v) is 5.75. The molecular weight excluding hydrogens is 398 g/mol. The number of aryl methyl sites for hydroxylation is 4. The third kappa shape index (κ3) is 4.58. The molecule has 1 amide bonds. The van der Waals surface area contributed by atoms with Gasteiger partial charge in [0.1, 0.15) is 0 Å². The van der Waals surface area contributed by atoms with Crippen LogP contribution in [0.1, 0.15) is 29.2 Å². The Morgan fingerprint density at radius 1 is 1.00 bits per heavy atom. The molecule has 0 aliphatic carbocycles. The van der Waals surface area contributed by atoms with E-state index in [2.05, 4.69) is 5.32 Å². The highest BCUT2D eigenvalue weighted by Gasteiger charge is 2.35. The molecule has 1 aliphatic heterocycles. The lowest BCUT2D eigenvalue weighted by molar-refractivity contribution is -0.917. The molecule has 6 nitrogen and oxygen atoms in total. The smallest absolute Gasteiger partial charge is 0.282 e. The highest BCUT2D eigenvalue weighted by Crippen LogP contribution is 2.22. The van der Waals surface area contributed by atoms with Gasteiger partial charge in [-0.05, 0) is 62.9 Å². The molecule has 1 heterocycles. The number of nitrogens with one attached hydrogen (secondary N) is 2. The number of sulfonamides is 1. The highest BCUT2D eigenvalue weighted by atomic mass is 32.2. The molecular formula is C23H32N3O3S+. The van der Waals surface area contributed by atoms with Crippen LogP contribution in [0.15, 0.2) is 41.3 Å². The molecule has 162 valence electrons. The summed E-state index contributed by atoms with van der Waals surface area (Å²) < 4.78 is 27.8. The van der Waals surface area contributed by atoms with Crippen LogP contribution in [0.2, 0.25) is 0 Å². The topological polar surface area (TPSA) is 70.9 Å². The third-order valence-electron chi connectivity index (χ3n) is 6.06. The molecule has 1 fully saturated rings. The lowest BCUT2D eigenvalue weighted by Crippen LogP contribution is -3.19. The van der Waals surface area contributed by atoms with Crippen LogP contribution in [0.5, 0.6) is 0 Å². The number of benzene rings is 2. The summed E-state index contributed by atoms with van der Waals surface area (Å²) in [4.78, 5) is 14.3. The van der Waals surface area contributed by atoms with Gasteiger partial charge in [0.05, 0.1) is 31.1 Å². The molecule has 0 bridgehead atoms. The first-order chi connectivity index (χ1) is 14.1. The van der Waals surface area contributed by atoms with E-state index in [0.717, 1.165) is 32.8 Å². The van der Waals surface area contributed by atoms with E-state index in [4.69, 9.17) is 0 Å². The summed E-state index contributed by atoms with van der Waals surface area (Å²) in [5.41, 5.74) is 4.63. The number of hydrogen-bond donors (Lipinski definition) is 2. The highest BCUT2D eigenvalue weighted by molar-refractivity contribution is 7.89. The van der Waals surface area contributed by atoms with Crippen molar-refractivity contribution in [2.75, 3.05) is 31.5 Å². The number of rotatable bonds is 5. The average Bonchev–Trinajstić information content (AvgIpc) is 2.72. The number of carbonyl (C=O) groups excluding carboxylic acids is 1. The predicted octanol–water partition coefficient (Wildman–Crippen LogP) is 1.84.